The van der Waals surface area contributed by atoms with E-state index in [9.17, 15) is 21.6 Å². The standard InChI is InChI=1S/C17H16F3N5O3S/c1-9-7-10(22-16-23-15(21)24-25-16)8-13(17(18,19)20)14(9)28-11-3-5-12(6-4-11)29(2,26)27/h3-8H,1-2H3,(H4,21,22,23,24,25). The number of aromatic amines is 1. The Kier molecular flexibility index (Phi) is 5.13. The molecule has 0 saturated carbocycles. The second kappa shape index (κ2) is 7.28. The molecule has 8 nitrogen and oxygen atoms in total. The fourth-order valence-electron chi connectivity index (χ4n) is 2.52. The van der Waals surface area contributed by atoms with Gasteiger partial charge in [-0.2, -0.15) is 18.2 Å². The van der Waals surface area contributed by atoms with Gasteiger partial charge in [0, 0.05) is 11.9 Å². The molecule has 0 bridgehead atoms. The smallest absolute Gasteiger partial charge is 0.420 e. The molecule has 29 heavy (non-hydrogen) atoms. The molecule has 4 N–H and O–H groups in total. The first-order chi connectivity index (χ1) is 13.4. The zero-order valence-electron chi connectivity index (χ0n) is 15.2. The van der Waals surface area contributed by atoms with Crippen molar-refractivity contribution in [3.8, 4) is 11.5 Å². The minimum Gasteiger partial charge on any atom is -0.456 e. The molecule has 2 aromatic carbocycles. The van der Waals surface area contributed by atoms with Gasteiger partial charge in [-0.05, 0) is 48.9 Å². The number of aromatic nitrogens is 3. The lowest BCUT2D eigenvalue weighted by molar-refractivity contribution is -0.138. The van der Waals surface area contributed by atoms with E-state index in [1.54, 1.807) is 0 Å². The summed E-state index contributed by atoms with van der Waals surface area (Å²) in [6.07, 6.45) is -3.68. The number of sulfone groups is 1. The number of H-pyrrole nitrogens is 1. The molecule has 3 aromatic rings. The van der Waals surface area contributed by atoms with Gasteiger partial charge in [0.25, 0.3) is 0 Å². The quantitative estimate of drug-likeness (QED) is 0.568. The first-order valence-corrected chi connectivity index (χ1v) is 9.97. The van der Waals surface area contributed by atoms with Crippen LogP contribution in [0.2, 0.25) is 0 Å². The third kappa shape index (κ3) is 4.77. The van der Waals surface area contributed by atoms with Crippen LogP contribution in [0.1, 0.15) is 11.1 Å². The maximum atomic E-state index is 13.6. The summed E-state index contributed by atoms with van der Waals surface area (Å²) in [5.41, 5.74) is 4.67. The molecule has 0 aliphatic rings. The third-order valence-electron chi connectivity index (χ3n) is 3.81. The predicted molar refractivity (Wildman–Crippen MR) is 99.9 cm³/mol. The van der Waals surface area contributed by atoms with Crippen molar-refractivity contribution in [3.05, 3.63) is 47.5 Å². The van der Waals surface area contributed by atoms with Gasteiger partial charge in [-0.25, -0.2) is 13.5 Å². The highest BCUT2D eigenvalue weighted by molar-refractivity contribution is 7.90. The number of nitrogens with one attached hydrogen (secondary N) is 2. The van der Waals surface area contributed by atoms with Gasteiger partial charge in [-0.1, -0.05) is 0 Å². The van der Waals surface area contributed by atoms with Gasteiger partial charge >= 0.3 is 6.18 Å². The van der Waals surface area contributed by atoms with E-state index in [4.69, 9.17) is 10.5 Å². The fraction of sp³-hybridized carbons (Fsp3) is 0.176. The van der Waals surface area contributed by atoms with Crippen LogP contribution < -0.4 is 15.8 Å². The highest BCUT2D eigenvalue weighted by atomic mass is 32.2. The Morgan fingerprint density at radius 1 is 1.17 bits per heavy atom. The monoisotopic (exact) mass is 427 g/mol. The first kappa shape index (κ1) is 20.5. The van der Waals surface area contributed by atoms with Crippen molar-refractivity contribution >= 4 is 27.4 Å². The van der Waals surface area contributed by atoms with E-state index in [1.165, 1.54) is 37.3 Å². The summed E-state index contributed by atoms with van der Waals surface area (Å²) in [6, 6.07) is 7.40. The van der Waals surface area contributed by atoms with Crippen LogP contribution in [0.5, 0.6) is 11.5 Å². The number of nitrogens with zero attached hydrogens (tertiary/aromatic N) is 2. The number of nitrogens with two attached hydrogens (primary N) is 1. The number of anilines is 3. The summed E-state index contributed by atoms with van der Waals surface area (Å²) >= 11 is 0. The number of halogens is 3. The summed E-state index contributed by atoms with van der Waals surface area (Å²) in [7, 11) is -3.43. The average Bonchev–Trinajstić information content (AvgIpc) is 3.00. The molecule has 0 aliphatic carbocycles. The lowest BCUT2D eigenvalue weighted by atomic mass is 10.1. The Bertz CT molecular complexity index is 1140. The van der Waals surface area contributed by atoms with Gasteiger partial charge in [0.15, 0.2) is 9.84 Å². The fourth-order valence-corrected chi connectivity index (χ4v) is 3.15. The Hall–Kier alpha value is -3.28. The summed E-state index contributed by atoms with van der Waals surface area (Å²) < 4.78 is 69.4. The molecular formula is C17H16F3N5O3S. The summed E-state index contributed by atoms with van der Waals surface area (Å²) in [6.45, 7) is 1.45. The Balaban J connectivity index is 1.97. The van der Waals surface area contributed by atoms with Gasteiger partial charge in [0.2, 0.25) is 11.9 Å². The Labute approximate surface area is 163 Å². The van der Waals surface area contributed by atoms with Gasteiger partial charge < -0.3 is 15.8 Å². The molecule has 3 rings (SSSR count). The molecule has 0 unspecified atom stereocenters. The Morgan fingerprint density at radius 2 is 1.83 bits per heavy atom. The number of aryl methyl sites for hydroxylation is 1. The summed E-state index contributed by atoms with van der Waals surface area (Å²) in [5, 5.41) is 8.73. The molecule has 1 heterocycles. The third-order valence-corrected chi connectivity index (χ3v) is 4.94. The van der Waals surface area contributed by atoms with E-state index in [-0.39, 0.29) is 33.8 Å². The number of nitrogen functional groups attached to an aromatic ring is 1. The van der Waals surface area contributed by atoms with E-state index in [2.05, 4.69) is 20.5 Å². The molecule has 0 amide bonds. The van der Waals surface area contributed by atoms with Crippen molar-refractivity contribution in [1.82, 2.24) is 15.2 Å². The van der Waals surface area contributed by atoms with Crippen molar-refractivity contribution < 1.29 is 26.3 Å². The topological polar surface area (TPSA) is 123 Å². The van der Waals surface area contributed by atoms with Crippen LogP contribution in [0.4, 0.5) is 30.8 Å². The number of hydrogen-bond acceptors (Lipinski definition) is 7. The number of rotatable bonds is 5. The van der Waals surface area contributed by atoms with Crippen molar-refractivity contribution in [2.45, 2.75) is 18.0 Å². The molecule has 0 radical (unpaired) electrons. The van der Waals surface area contributed by atoms with Crippen molar-refractivity contribution in [2.24, 2.45) is 0 Å². The predicted octanol–water partition coefficient (Wildman–Crippen LogP) is 3.65. The van der Waals surface area contributed by atoms with E-state index in [1.807, 2.05) is 0 Å². The van der Waals surface area contributed by atoms with Crippen LogP contribution in [0.3, 0.4) is 0 Å². The van der Waals surface area contributed by atoms with Crippen LogP contribution in [0, 0.1) is 6.92 Å². The van der Waals surface area contributed by atoms with Crippen LogP contribution in [0.15, 0.2) is 41.3 Å². The van der Waals surface area contributed by atoms with Crippen molar-refractivity contribution in [1.29, 1.82) is 0 Å². The SMILES string of the molecule is Cc1cc(Nc2n[nH]c(N)n2)cc(C(F)(F)F)c1Oc1ccc(S(C)(=O)=O)cc1. The molecule has 0 spiro atoms. The van der Waals surface area contributed by atoms with Gasteiger partial charge in [0.05, 0.1) is 4.90 Å². The molecular weight excluding hydrogens is 411 g/mol. The number of hydrogen-bond donors (Lipinski definition) is 3. The maximum Gasteiger partial charge on any atom is 0.420 e. The zero-order chi connectivity index (χ0) is 21.4. The van der Waals surface area contributed by atoms with E-state index < -0.39 is 27.3 Å². The maximum absolute atomic E-state index is 13.6. The second-order valence-corrected chi connectivity index (χ2v) is 8.20. The lowest BCUT2D eigenvalue weighted by Crippen LogP contribution is -2.09. The largest absolute Gasteiger partial charge is 0.456 e. The normalized spacial score (nSPS) is 12.0. The number of ether oxygens (including phenoxy) is 1. The van der Waals surface area contributed by atoms with Gasteiger partial charge in [0.1, 0.15) is 17.1 Å². The lowest BCUT2D eigenvalue weighted by Gasteiger charge is -2.18. The van der Waals surface area contributed by atoms with Crippen LogP contribution in [-0.4, -0.2) is 29.9 Å². The minimum atomic E-state index is -4.71. The van der Waals surface area contributed by atoms with E-state index in [0.29, 0.717) is 0 Å². The highest BCUT2D eigenvalue weighted by Crippen LogP contribution is 2.42. The molecule has 154 valence electrons. The van der Waals surface area contributed by atoms with Crippen molar-refractivity contribution in [2.75, 3.05) is 17.3 Å². The highest BCUT2D eigenvalue weighted by Gasteiger charge is 2.36. The molecule has 0 atom stereocenters. The second-order valence-electron chi connectivity index (χ2n) is 6.18. The van der Waals surface area contributed by atoms with Crippen LogP contribution in [-0.2, 0) is 16.0 Å². The van der Waals surface area contributed by atoms with Crippen LogP contribution in [0.25, 0.3) is 0 Å². The molecule has 0 fully saturated rings. The average molecular weight is 427 g/mol. The van der Waals surface area contributed by atoms with Gasteiger partial charge in [-0.15, -0.1) is 5.10 Å². The summed E-state index contributed by atoms with van der Waals surface area (Å²) in [5.74, 6) is -0.309. The Morgan fingerprint density at radius 3 is 2.34 bits per heavy atom. The number of benzene rings is 2. The molecule has 1 aromatic heterocycles. The first-order valence-electron chi connectivity index (χ1n) is 8.08. The van der Waals surface area contributed by atoms with Gasteiger partial charge in [-0.3, -0.25) is 0 Å². The molecule has 0 saturated heterocycles. The van der Waals surface area contributed by atoms with E-state index in [0.717, 1.165) is 12.3 Å². The number of alkyl halides is 3. The molecule has 12 heteroatoms. The van der Waals surface area contributed by atoms with Crippen LogP contribution >= 0.6 is 0 Å². The summed E-state index contributed by atoms with van der Waals surface area (Å²) in [4.78, 5) is 3.81. The van der Waals surface area contributed by atoms with E-state index >= 15 is 0 Å². The molecule has 0 aliphatic heterocycles. The van der Waals surface area contributed by atoms with Crippen molar-refractivity contribution in [3.63, 3.8) is 0 Å². The minimum absolute atomic E-state index is 0.0118. The zero-order valence-corrected chi connectivity index (χ0v) is 16.0.